The van der Waals surface area contributed by atoms with Crippen LogP contribution < -0.4 is 24.6 Å². The van der Waals surface area contributed by atoms with Gasteiger partial charge in [-0.15, -0.1) is 0 Å². The number of fused-ring (bicyclic) bond motifs is 1. The highest BCUT2D eigenvalue weighted by Gasteiger charge is 2.24. The molecule has 1 aliphatic rings. The molecule has 4 rings (SSSR count). The fraction of sp³-hybridized carbons (Fsp3) is 0.333. The van der Waals surface area contributed by atoms with Gasteiger partial charge in [-0.2, -0.15) is 0 Å². The van der Waals surface area contributed by atoms with Crippen molar-refractivity contribution in [3.05, 3.63) is 58.9 Å². The van der Waals surface area contributed by atoms with Crippen LogP contribution in [-0.4, -0.2) is 56.1 Å². The van der Waals surface area contributed by atoms with Crippen LogP contribution in [0.4, 0.5) is 10.8 Å². The van der Waals surface area contributed by atoms with Gasteiger partial charge in [-0.1, -0.05) is 17.4 Å². The number of nitrogens with zero attached hydrogens (tertiary/aromatic N) is 4. The summed E-state index contributed by atoms with van der Waals surface area (Å²) in [5.74, 6) is 0.983. The number of carbonyl (C=O) groups is 2. The highest BCUT2D eigenvalue weighted by Crippen LogP contribution is 2.36. The summed E-state index contributed by atoms with van der Waals surface area (Å²) in [6, 6.07) is 11.0. The van der Waals surface area contributed by atoms with Crippen LogP contribution in [0.1, 0.15) is 27.5 Å². The van der Waals surface area contributed by atoms with Gasteiger partial charge in [0.05, 0.1) is 26.5 Å². The van der Waals surface area contributed by atoms with E-state index in [1.165, 1.54) is 11.3 Å². The minimum absolute atomic E-state index is 0.107. The number of benzene rings is 1. The summed E-state index contributed by atoms with van der Waals surface area (Å²) in [6.45, 7) is 1.77. The van der Waals surface area contributed by atoms with Crippen LogP contribution in [0.15, 0.2) is 42.6 Å². The molecule has 1 aromatic carbocycles. The first-order valence-electron chi connectivity index (χ1n) is 10.9. The van der Waals surface area contributed by atoms with E-state index in [0.717, 1.165) is 29.2 Å². The van der Waals surface area contributed by atoms with Gasteiger partial charge >= 0.3 is 0 Å². The number of methoxy groups -OCH3 is 2. The number of rotatable bonds is 8. The molecule has 178 valence electrons. The van der Waals surface area contributed by atoms with Gasteiger partial charge in [0, 0.05) is 55.8 Å². The number of nitrogens with one attached hydrogen (secondary N) is 1. The average Bonchev–Trinajstić information content (AvgIpc) is 3.31. The molecule has 2 amide bonds. The maximum Gasteiger partial charge on any atom is 0.269 e. The number of amides is 2. The Labute approximate surface area is 202 Å². The van der Waals surface area contributed by atoms with Gasteiger partial charge in [-0.25, -0.2) is 4.98 Å². The first kappa shape index (κ1) is 23.5. The molecule has 9 nitrogen and oxygen atoms in total. The van der Waals surface area contributed by atoms with Gasteiger partial charge < -0.3 is 19.7 Å². The molecule has 0 bridgehead atoms. The van der Waals surface area contributed by atoms with Crippen LogP contribution in [0.5, 0.6) is 11.5 Å². The Kier molecular flexibility index (Phi) is 7.27. The smallest absolute Gasteiger partial charge is 0.269 e. The molecule has 10 heteroatoms. The molecule has 1 N–H and O–H groups in total. The number of ether oxygens (including phenoxy) is 2. The molecule has 0 spiro atoms. The summed E-state index contributed by atoms with van der Waals surface area (Å²) in [7, 11) is 4.97. The summed E-state index contributed by atoms with van der Waals surface area (Å²) in [6.07, 6.45) is 2.53. The first-order valence-corrected chi connectivity index (χ1v) is 11.7. The van der Waals surface area contributed by atoms with Crippen LogP contribution in [-0.2, 0) is 17.8 Å². The lowest BCUT2D eigenvalue weighted by atomic mass is 10.1. The summed E-state index contributed by atoms with van der Waals surface area (Å²) in [4.78, 5) is 38.5. The number of hydrogen-bond donors (Lipinski definition) is 1. The predicted molar refractivity (Wildman–Crippen MR) is 131 cm³/mol. The van der Waals surface area contributed by atoms with Crippen molar-refractivity contribution < 1.29 is 19.1 Å². The van der Waals surface area contributed by atoms with Crippen molar-refractivity contribution >= 4 is 34.0 Å². The lowest BCUT2D eigenvalue weighted by molar-refractivity contribution is -0.118. The number of aromatic nitrogens is 2. The first-order chi connectivity index (χ1) is 16.5. The molecule has 1 aliphatic heterocycles. The van der Waals surface area contributed by atoms with Crippen LogP contribution >= 0.6 is 11.3 Å². The standard InChI is InChI=1S/C24H27N5O4S/c1-28(22(30)9-12-26-23(31)18-6-4-5-11-25-18)24-27-17-10-13-29(15-21(17)34-24)16-7-8-19(32-2)20(14-16)33-3/h4-8,11,14H,9-10,12-13,15H2,1-3H3,(H,26,31). The molecular formula is C24H27N5O4S. The molecule has 0 saturated heterocycles. The van der Waals surface area contributed by atoms with E-state index in [-0.39, 0.29) is 24.8 Å². The van der Waals surface area contributed by atoms with Gasteiger partial charge in [0.2, 0.25) is 5.91 Å². The van der Waals surface area contributed by atoms with E-state index in [9.17, 15) is 9.59 Å². The van der Waals surface area contributed by atoms with Crippen LogP contribution in [0, 0.1) is 0 Å². The molecule has 0 fully saturated rings. The van der Waals surface area contributed by atoms with Crippen molar-refractivity contribution in [3.8, 4) is 11.5 Å². The Bertz CT molecular complexity index is 1170. The number of hydrogen-bond acceptors (Lipinski definition) is 8. The van der Waals surface area contributed by atoms with Crippen LogP contribution in [0.2, 0.25) is 0 Å². The fourth-order valence-corrected chi connectivity index (χ4v) is 4.81. The Hall–Kier alpha value is -3.66. The topological polar surface area (TPSA) is 96.9 Å². The molecule has 0 atom stereocenters. The third-order valence-electron chi connectivity index (χ3n) is 5.64. The summed E-state index contributed by atoms with van der Waals surface area (Å²) in [5, 5.41) is 3.40. The van der Waals surface area contributed by atoms with Gasteiger partial charge in [0.1, 0.15) is 5.69 Å². The number of thiazole rings is 1. The Morgan fingerprint density at radius 3 is 2.74 bits per heavy atom. The molecular weight excluding hydrogens is 454 g/mol. The number of anilines is 2. The van der Waals surface area contributed by atoms with Gasteiger partial charge in [0.15, 0.2) is 16.6 Å². The Morgan fingerprint density at radius 1 is 1.18 bits per heavy atom. The molecule has 0 radical (unpaired) electrons. The lowest BCUT2D eigenvalue weighted by Crippen LogP contribution is -2.32. The summed E-state index contributed by atoms with van der Waals surface area (Å²) in [5.41, 5.74) is 2.40. The van der Waals surface area contributed by atoms with Crippen LogP contribution in [0.3, 0.4) is 0 Å². The minimum Gasteiger partial charge on any atom is -0.493 e. The SMILES string of the molecule is COc1ccc(N2CCc3nc(N(C)C(=O)CCNC(=O)c4ccccn4)sc3C2)cc1OC. The highest BCUT2D eigenvalue weighted by molar-refractivity contribution is 7.16. The second kappa shape index (κ2) is 10.5. The third kappa shape index (κ3) is 5.12. The molecule has 3 aromatic rings. The van der Waals surface area contributed by atoms with Crippen molar-refractivity contribution in [1.82, 2.24) is 15.3 Å². The number of pyridine rings is 1. The van der Waals surface area contributed by atoms with E-state index in [1.54, 1.807) is 50.6 Å². The van der Waals surface area contributed by atoms with E-state index in [1.807, 2.05) is 18.2 Å². The fourth-order valence-electron chi connectivity index (χ4n) is 3.71. The van der Waals surface area contributed by atoms with Crippen molar-refractivity contribution in [1.29, 1.82) is 0 Å². The normalized spacial score (nSPS) is 12.6. The van der Waals surface area contributed by atoms with Crippen LogP contribution in [0.25, 0.3) is 0 Å². The zero-order valence-corrected chi connectivity index (χ0v) is 20.2. The van der Waals surface area contributed by atoms with Gasteiger partial charge in [0.25, 0.3) is 5.91 Å². The van der Waals surface area contributed by atoms with E-state index in [0.29, 0.717) is 28.9 Å². The Balaban J connectivity index is 1.36. The van der Waals surface area contributed by atoms with Gasteiger partial charge in [-0.05, 0) is 24.3 Å². The van der Waals surface area contributed by atoms with Crippen molar-refractivity contribution in [3.63, 3.8) is 0 Å². The quantitative estimate of drug-likeness (QED) is 0.528. The predicted octanol–water partition coefficient (Wildman–Crippen LogP) is 2.90. The monoisotopic (exact) mass is 481 g/mol. The van der Waals surface area contributed by atoms with Crippen molar-refractivity contribution in [2.75, 3.05) is 44.2 Å². The second-order valence-electron chi connectivity index (χ2n) is 7.75. The molecule has 3 heterocycles. The van der Waals surface area contributed by atoms with Crippen molar-refractivity contribution in [2.24, 2.45) is 0 Å². The molecule has 2 aromatic heterocycles. The molecule has 0 unspecified atom stereocenters. The van der Waals surface area contributed by atoms with Gasteiger partial charge in [-0.3, -0.25) is 19.5 Å². The van der Waals surface area contributed by atoms with Crippen molar-refractivity contribution in [2.45, 2.75) is 19.4 Å². The summed E-state index contributed by atoms with van der Waals surface area (Å²) < 4.78 is 10.8. The third-order valence-corrected chi connectivity index (χ3v) is 6.79. The lowest BCUT2D eigenvalue weighted by Gasteiger charge is -2.28. The van der Waals surface area contributed by atoms with E-state index < -0.39 is 0 Å². The van der Waals surface area contributed by atoms with E-state index in [2.05, 4.69) is 15.2 Å². The average molecular weight is 482 g/mol. The molecule has 0 saturated carbocycles. The largest absolute Gasteiger partial charge is 0.493 e. The summed E-state index contributed by atoms with van der Waals surface area (Å²) >= 11 is 1.52. The minimum atomic E-state index is -0.295. The second-order valence-corrected chi connectivity index (χ2v) is 8.81. The molecule has 0 aliphatic carbocycles. The Morgan fingerprint density at radius 2 is 2.00 bits per heavy atom. The maximum atomic E-state index is 12.7. The maximum absolute atomic E-state index is 12.7. The molecule has 34 heavy (non-hydrogen) atoms. The number of carbonyl (C=O) groups excluding carboxylic acids is 2. The van der Waals surface area contributed by atoms with E-state index in [4.69, 9.17) is 14.5 Å². The zero-order chi connectivity index (χ0) is 24.1. The zero-order valence-electron chi connectivity index (χ0n) is 19.4. The van der Waals surface area contributed by atoms with E-state index >= 15 is 0 Å². The highest BCUT2D eigenvalue weighted by atomic mass is 32.1.